The van der Waals surface area contributed by atoms with E-state index in [-0.39, 0.29) is 0 Å². The summed E-state index contributed by atoms with van der Waals surface area (Å²) >= 11 is 0. The molecule has 0 amide bonds. The minimum absolute atomic E-state index is 0.388. The van der Waals surface area contributed by atoms with Gasteiger partial charge in [0.1, 0.15) is 5.92 Å². The molecule has 1 heterocycles. The van der Waals surface area contributed by atoms with Gasteiger partial charge in [-0.2, -0.15) is 0 Å². The van der Waals surface area contributed by atoms with Crippen LogP contribution in [0.25, 0.3) is 10.9 Å². The van der Waals surface area contributed by atoms with Gasteiger partial charge < -0.3 is 0 Å². The summed E-state index contributed by atoms with van der Waals surface area (Å²) in [6.07, 6.45) is 3.19. The lowest BCUT2D eigenvalue weighted by molar-refractivity contribution is 0.533. The molecule has 2 rings (SSSR count). The van der Waals surface area contributed by atoms with Crippen molar-refractivity contribution in [3.8, 4) is 0 Å². The van der Waals surface area contributed by atoms with Crippen LogP contribution in [0.15, 0.2) is 36.4 Å². The SMILES string of the molecule is O=[C]C([C]=O)c1ccc2ccccc2n1. The molecule has 0 spiro atoms. The van der Waals surface area contributed by atoms with Crippen molar-refractivity contribution in [1.82, 2.24) is 4.98 Å². The molecule has 1 aromatic heterocycles. The van der Waals surface area contributed by atoms with E-state index in [9.17, 15) is 9.59 Å². The predicted octanol–water partition coefficient (Wildman–Crippen LogP) is 1.54. The Morgan fingerprint density at radius 3 is 2.47 bits per heavy atom. The van der Waals surface area contributed by atoms with Gasteiger partial charge in [0, 0.05) is 5.39 Å². The van der Waals surface area contributed by atoms with Crippen LogP contribution in [0.3, 0.4) is 0 Å². The highest BCUT2D eigenvalue weighted by atomic mass is 16.1. The van der Waals surface area contributed by atoms with Gasteiger partial charge in [0.25, 0.3) is 0 Å². The van der Waals surface area contributed by atoms with Crippen LogP contribution in [0, 0.1) is 0 Å². The molecule has 1 aromatic carbocycles. The molecule has 0 aliphatic carbocycles. The van der Waals surface area contributed by atoms with Crippen molar-refractivity contribution in [3.05, 3.63) is 42.1 Å². The highest BCUT2D eigenvalue weighted by molar-refractivity contribution is 5.87. The first-order valence-electron chi connectivity index (χ1n) is 4.46. The highest BCUT2D eigenvalue weighted by Gasteiger charge is 2.12. The standard InChI is InChI=1S/C12H7NO2/c14-7-10(8-15)12-6-5-9-3-1-2-4-11(9)13-12/h1-6,10H. The van der Waals surface area contributed by atoms with E-state index in [0.29, 0.717) is 5.69 Å². The molecule has 15 heavy (non-hydrogen) atoms. The van der Waals surface area contributed by atoms with Gasteiger partial charge in [0.2, 0.25) is 12.6 Å². The Kier molecular flexibility index (Phi) is 2.54. The van der Waals surface area contributed by atoms with Gasteiger partial charge in [-0.05, 0) is 12.1 Å². The van der Waals surface area contributed by atoms with E-state index in [1.807, 2.05) is 30.3 Å². The maximum Gasteiger partial charge on any atom is 0.216 e. The second-order valence-corrected chi connectivity index (χ2v) is 3.10. The Hall–Kier alpha value is -2.03. The zero-order chi connectivity index (χ0) is 10.7. The van der Waals surface area contributed by atoms with E-state index in [0.717, 1.165) is 10.9 Å². The molecule has 0 saturated heterocycles. The molecular weight excluding hydrogens is 190 g/mol. The van der Waals surface area contributed by atoms with Gasteiger partial charge >= 0.3 is 0 Å². The first-order chi connectivity index (χ1) is 7.35. The second-order valence-electron chi connectivity index (χ2n) is 3.10. The maximum atomic E-state index is 10.4. The number of aromatic nitrogens is 1. The van der Waals surface area contributed by atoms with Crippen molar-refractivity contribution in [2.75, 3.05) is 0 Å². The highest BCUT2D eigenvalue weighted by Crippen LogP contribution is 2.15. The Bertz CT molecular complexity index is 500. The van der Waals surface area contributed by atoms with Crippen LogP contribution in [0.4, 0.5) is 0 Å². The number of benzene rings is 1. The summed E-state index contributed by atoms with van der Waals surface area (Å²) in [7, 11) is 0. The summed E-state index contributed by atoms with van der Waals surface area (Å²) in [5.41, 5.74) is 1.14. The monoisotopic (exact) mass is 197 g/mol. The fourth-order valence-corrected chi connectivity index (χ4v) is 1.39. The summed E-state index contributed by atoms with van der Waals surface area (Å²) in [4.78, 5) is 25.1. The largest absolute Gasteiger partial charge is 0.290 e. The Labute approximate surface area is 86.8 Å². The lowest BCUT2D eigenvalue weighted by Crippen LogP contribution is -2.03. The van der Waals surface area contributed by atoms with Crippen molar-refractivity contribution >= 4 is 23.5 Å². The van der Waals surface area contributed by atoms with E-state index in [1.54, 1.807) is 18.6 Å². The van der Waals surface area contributed by atoms with Crippen molar-refractivity contribution in [1.29, 1.82) is 0 Å². The molecule has 0 aliphatic rings. The molecule has 0 bridgehead atoms. The number of fused-ring (bicyclic) bond motifs is 1. The third-order valence-electron chi connectivity index (χ3n) is 2.15. The minimum atomic E-state index is -1.00. The number of hydrogen-bond donors (Lipinski definition) is 0. The smallest absolute Gasteiger partial charge is 0.216 e. The molecule has 0 saturated carbocycles. The predicted molar refractivity (Wildman–Crippen MR) is 55.9 cm³/mol. The molecule has 2 radical (unpaired) electrons. The number of rotatable bonds is 3. The Balaban J connectivity index is 2.55. The number of carbonyl (C=O) groups excluding carboxylic acids is 2. The number of pyridine rings is 1. The van der Waals surface area contributed by atoms with E-state index in [4.69, 9.17) is 0 Å². The molecule has 0 aliphatic heterocycles. The fourth-order valence-electron chi connectivity index (χ4n) is 1.39. The van der Waals surface area contributed by atoms with Crippen LogP contribution < -0.4 is 0 Å². The molecule has 0 atom stereocenters. The van der Waals surface area contributed by atoms with Crippen LogP contribution in [-0.4, -0.2) is 17.6 Å². The van der Waals surface area contributed by atoms with Crippen LogP contribution in [0.1, 0.15) is 11.6 Å². The zero-order valence-electron chi connectivity index (χ0n) is 7.81. The summed E-state index contributed by atoms with van der Waals surface area (Å²) < 4.78 is 0. The average molecular weight is 197 g/mol. The zero-order valence-corrected chi connectivity index (χ0v) is 7.81. The molecule has 0 N–H and O–H groups in total. The molecular formula is C12H7NO2. The third kappa shape index (κ3) is 1.76. The molecule has 0 fully saturated rings. The summed E-state index contributed by atoms with van der Waals surface area (Å²) in [5, 5.41) is 0.969. The van der Waals surface area contributed by atoms with Gasteiger partial charge in [-0.15, -0.1) is 0 Å². The van der Waals surface area contributed by atoms with E-state index >= 15 is 0 Å². The average Bonchev–Trinajstić information content (AvgIpc) is 2.30. The quantitative estimate of drug-likeness (QED) is 0.701. The van der Waals surface area contributed by atoms with Crippen LogP contribution in [-0.2, 0) is 9.59 Å². The van der Waals surface area contributed by atoms with Crippen molar-refractivity contribution in [3.63, 3.8) is 0 Å². The number of hydrogen-bond acceptors (Lipinski definition) is 3. The second kappa shape index (κ2) is 4.00. The van der Waals surface area contributed by atoms with Gasteiger partial charge in [0.15, 0.2) is 0 Å². The number of para-hydroxylation sites is 1. The number of nitrogens with zero attached hydrogens (tertiary/aromatic N) is 1. The molecule has 2 aromatic rings. The first kappa shape index (κ1) is 9.52. The first-order valence-corrected chi connectivity index (χ1v) is 4.46. The van der Waals surface area contributed by atoms with Crippen molar-refractivity contribution in [2.45, 2.75) is 5.92 Å². The van der Waals surface area contributed by atoms with Gasteiger partial charge in [-0.1, -0.05) is 24.3 Å². The third-order valence-corrected chi connectivity index (χ3v) is 2.15. The van der Waals surface area contributed by atoms with E-state index in [1.165, 1.54) is 0 Å². The summed E-state index contributed by atoms with van der Waals surface area (Å²) in [5.74, 6) is -1.00. The fraction of sp³-hybridized carbons (Fsp3) is 0.0833. The van der Waals surface area contributed by atoms with Crippen LogP contribution in [0.5, 0.6) is 0 Å². The maximum absolute atomic E-state index is 10.4. The van der Waals surface area contributed by atoms with Gasteiger partial charge in [-0.3, -0.25) is 14.6 Å². The summed E-state index contributed by atoms with van der Waals surface area (Å²) in [6.45, 7) is 0. The Morgan fingerprint density at radius 1 is 1.00 bits per heavy atom. The molecule has 72 valence electrons. The lowest BCUT2D eigenvalue weighted by Gasteiger charge is -2.02. The van der Waals surface area contributed by atoms with Crippen LogP contribution in [0.2, 0.25) is 0 Å². The molecule has 3 heteroatoms. The lowest BCUT2D eigenvalue weighted by atomic mass is 10.1. The Morgan fingerprint density at radius 2 is 1.73 bits per heavy atom. The van der Waals surface area contributed by atoms with Gasteiger partial charge in [0.05, 0.1) is 11.2 Å². The van der Waals surface area contributed by atoms with E-state index in [2.05, 4.69) is 4.98 Å². The molecule has 3 nitrogen and oxygen atoms in total. The van der Waals surface area contributed by atoms with Crippen molar-refractivity contribution < 1.29 is 9.59 Å². The molecule has 0 unspecified atom stereocenters. The van der Waals surface area contributed by atoms with Crippen LogP contribution >= 0.6 is 0 Å². The van der Waals surface area contributed by atoms with Crippen molar-refractivity contribution in [2.24, 2.45) is 0 Å². The van der Waals surface area contributed by atoms with Gasteiger partial charge in [-0.25, -0.2) is 0 Å². The summed E-state index contributed by atoms with van der Waals surface area (Å²) in [6, 6.07) is 11.0. The normalized spacial score (nSPS) is 10.5. The topological polar surface area (TPSA) is 47.0 Å². The minimum Gasteiger partial charge on any atom is -0.290 e. The van der Waals surface area contributed by atoms with E-state index < -0.39 is 5.92 Å².